The quantitative estimate of drug-likeness (QED) is 0.592. The lowest BCUT2D eigenvalue weighted by Crippen LogP contribution is -2.26. The van der Waals surface area contributed by atoms with E-state index < -0.39 is 0 Å². The first-order chi connectivity index (χ1) is 5.86. The summed E-state index contributed by atoms with van der Waals surface area (Å²) >= 11 is -0.207. The van der Waals surface area contributed by atoms with E-state index in [-0.39, 0.29) is 14.1 Å². The zero-order valence-corrected chi connectivity index (χ0v) is 9.84. The molecule has 1 aliphatic heterocycles. The molecule has 1 fully saturated rings. The summed E-state index contributed by atoms with van der Waals surface area (Å²) in [5.41, 5.74) is 0. The van der Waals surface area contributed by atoms with Crippen molar-refractivity contribution in [1.82, 2.24) is 4.90 Å². The normalized spacial score (nSPS) is 17.8. The van der Waals surface area contributed by atoms with Crippen molar-refractivity contribution in [2.45, 2.75) is 42.5 Å². The molecule has 0 spiro atoms. The summed E-state index contributed by atoms with van der Waals surface area (Å²) in [7, 11) is 0. The van der Waals surface area contributed by atoms with Crippen molar-refractivity contribution in [2.75, 3.05) is 19.6 Å². The van der Waals surface area contributed by atoms with E-state index >= 15 is 0 Å². The minimum Gasteiger partial charge on any atom is -0.305 e. The van der Waals surface area contributed by atoms with Gasteiger partial charge in [0.05, 0.1) is 0 Å². The van der Waals surface area contributed by atoms with Crippen LogP contribution in [0.3, 0.4) is 0 Å². The van der Waals surface area contributed by atoms with Crippen LogP contribution in [0.25, 0.3) is 0 Å². The van der Waals surface area contributed by atoms with E-state index in [9.17, 15) is 0 Å². The summed E-state index contributed by atoms with van der Waals surface area (Å²) in [4.78, 5) is 2.57. The summed E-state index contributed by atoms with van der Waals surface area (Å²) in [6, 6.07) is 0. The SMILES string of the molecule is CCN(CC)C[CH2][Al]1[CH2]CC[CH2]1. The van der Waals surface area contributed by atoms with E-state index in [0.717, 1.165) is 0 Å². The Kier molecular flexibility index (Phi) is 5.31. The molecule has 12 heavy (non-hydrogen) atoms. The molecule has 0 aromatic carbocycles. The van der Waals surface area contributed by atoms with Crippen molar-refractivity contribution >= 4 is 14.1 Å². The number of nitrogens with zero attached hydrogens (tertiary/aromatic N) is 1. The van der Waals surface area contributed by atoms with Gasteiger partial charge in [0.1, 0.15) is 0 Å². The predicted octanol–water partition coefficient (Wildman–Crippen LogP) is 2.62. The average Bonchev–Trinajstić information content (AvgIpc) is 2.59. The van der Waals surface area contributed by atoms with Crippen LogP contribution in [0.4, 0.5) is 0 Å². The Bertz CT molecular complexity index is 104. The fourth-order valence-electron chi connectivity index (χ4n) is 2.20. The third-order valence-electron chi connectivity index (χ3n) is 3.22. The fourth-order valence-corrected chi connectivity index (χ4v) is 5.53. The van der Waals surface area contributed by atoms with Gasteiger partial charge in [-0.3, -0.25) is 0 Å². The predicted molar refractivity (Wildman–Crippen MR) is 57.2 cm³/mol. The van der Waals surface area contributed by atoms with E-state index in [4.69, 9.17) is 0 Å². The highest BCUT2D eigenvalue weighted by atomic mass is 27.2. The first kappa shape index (κ1) is 10.6. The van der Waals surface area contributed by atoms with Gasteiger partial charge in [0.2, 0.25) is 0 Å². The molecule has 0 aromatic heterocycles. The van der Waals surface area contributed by atoms with Crippen molar-refractivity contribution in [3.8, 4) is 0 Å². The molecule has 1 saturated heterocycles. The lowest BCUT2D eigenvalue weighted by molar-refractivity contribution is 0.320. The summed E-state index contributed by atoms with van der Waals surface area (Å²) in [6.45, 7) is 8.44. The standard InChI is InChI=1S/C6H14N.C4H8.Al/c1-4-7(5-2)6-3;1-3-4-2;/h1,4-6H2,2-3H3;1-4H2;. The van der Waals surface area contributed by atoms with Crippen molar-refractivity contribution in [3.63, 3.8) is 0 Å². The molecule has 0 aromatic rings. The van der Waals surface area contributed by atoms with Crippen LogP contribution >= 0.6 is 0 Å². The number of hydrogen-bond acceptors (Lipinski definition) is 1. The highest BCUT2D eigenvalue weighted by Crippen LogP contribution is 2.22. The molecule has 0 atom stereocenters. The van der Waals surface area contributed by atoms with E-state index in [1.54, 1.807) is 28.7 Å². The lowest BCUT2D eigenvalue weighted by Gasteiger charge is -2.18. The van der Waals surface area contributed by atoms with E-state index in [2.05, 4.69) is 18.7 Å². The van der Waals surface area contributed by atoms with Gasteiger partial charge in [-0.2, -0.15) is 0 Å². The van der Waals surface area contributed by atoms with Gasteiger partial charge in [-0.1, -0.05) is 42.5 Å². The van der Waals surface area contributed by atoms with Crippen LogP contribution in [0.2, 0.25) is 15.8 Å². The molecule has 0 radical (unpaired) electrons. The minimum absolute atomic E-state index is 0.207. The molecular formula is C10H22AlN. The van der Waals surface area contributed by atoms with Crippen LogP contribution in [0, 0.1) is 0 Å². The highest BCUT2D eigenvalue weighted by molar-refractivity contribution is 6.59. The highest BCUT2D eigenvalue weighted by Gasteiger charge is 2.21. The van der Waals surface area contributed by atoms with Gasteiger partial charge in [0.25, 0.3) is 14.1 Å². The molecule has 0 amide bonds. The first-order valence-corrected chi connectivity index (χ1v) is 8.04. The monoisotopic (exact) mass is 183 g/mol. The molecule has 0 bridgehead atoms. The molecule has 0 N–H and O–H groups in total. The van der Waals surface area contributed by atoms with Crippen LogP contribution in [0.1, 0.15) is 26.7 Å². The largest absolute Gasteiger partial charge is 0.305 e. The van der Waals surface area contributed by atoms with Gasteiger partial charge < -0.3 is 4.90 Å². The molecule has 1 rings (SSSR count). The molecule has 70 valence electrons. The second kappa shape index (κ2) is 6.02. The number of rotatable bonds is 5. The van der Waals surface area contributed by atoms with Crippen LogP contribution in [0.5, 0.6) is 0 Å². The van der Waals surface area contributed by atoms with Gasteiger partial charge in [-0.15, -0.1) is 0 Å². The van der Waals surface area contributed by atoms with Crippen molar-refractivity contribution in [1.29, 1.82) is 0 Å². The Balaban J connectivity index is 2.06. The zero-order valence-electron chi connectivity index (χ0n) is 8.68. The molecule has 1 aliphatic rings. The summed E-state index contributed by atoms with van der Waals surface area (Å²) in [6.07, 6.45) is 3.10. The maximum Gasteiger partial charge on any atom is 0.263 e. The molecule has 0 aliphatic carbocycles. The van der Waals surface area contributed by atoms with Crippen molar-refractivity contribution in [2.24, 2.45) is 0 Å². The first-order valence-electron chi connectivity index (χ1n) is 5.59. The van der Waals surface area contributed by atoms with E-state index in [1.165, 1.54) is 19.6 Å². The Labute approximate surface area is 81.5 Å². The van der Waals surface area contributed by atoms with Crippen LogP contribution in [-0.2, 0) is 0 Å². The van der Waals surface area contributed by atoms with E-state index in [1.807, 2.05) is 0 Å². The summed E-state index contributed by atoms with van der Waals surface area (Å²) in [5, 5.41) is 4.87. The fraction of sp³-hybridized carbons (Fsp3) is 1.00. The second-order valence-electron chi connectivity index (χ2n) is 3.97. The van der Waals surface area contributed by atoms with Crippen molar-refractivity contribution < 1.29 is 0 Å². The third kappa shape index (κ3) is 3.48. The molecule has 1 heterocycles. The molecule has 1 nitrogen and oxygen atoms in total. The topological polar surface area (TPSA) is 3.24 Å². The van der Waals surface area contributed by atoms with Gasteiger partial charge >= 0.3 is 0 Å². The van der Waals surface area contributed by atoms with Crippen molar-refractivity contribution in [3.05, 3.63) is 0 Å². The van der Waals surface area contributed by atoms with Gasteiger partial charge in [-0.05, 0) is 19.6 Å². The molecule has 2 heteroatoms. The Morgan fingerprint density at radius 3 is 2.17 bits per heavy atom. The van der Waals surface area contributed by atoms with Crippen LogP contribution in [-0.4, -0.2) is 38.7 Å². The van der Waals surface area contributed by atoms with Gasteiger partial charge in [0.15, 0.2) is 0 Å². The molecule has 0 saturated carbocycles. The molecular weight excluding hydrogens is 161 g/mol. The molecule has 0 unspecified atom stereocenters. The van der Waals surface area contributed by atoms with Gasteiger partial charge in [0, 0.05) is 0 Å². The lowest BCUT2D eigenvalue weighted by atomic mass is 10.4. The average molecular weight is 183 g/mol. The smallest absolute Gasteiger partial charge is 0.263 e. The minimum atomic E-state index is -0.207. The maximum absolute atomic E-state index is 2.57. The Morgan fingerprint density at radius 1 is 1.08 bits per heavy atom. The van der Waals surface area contributed by atoms with E-state index in [0.29, 0.717) is 0 Å². The van der Waals surface area contributed by atoms with Crippen LogP contribution < -0.4 is 0 Å². The zero-order chi connectivity index (χ0) is 8.81. The Hall–Kier alpha value is 0.492. The van der Waals surface area contributed by atoms with Gasteiger partial charge in [-0.25, -0.2) is 0 Å². The van der Waals surface area contributed by atoms with Crippen LogP contribution in [0.15, 0.2) is 0 Å². The third-order valence-corrected chi connectivity index (χ3v) is 6.75. The second-order valence-corrected chi connectivity index (χ2v) is 7.43. The number of hydrogen-bond donors (Lipinski definition) is 0. The Morgan fingerprint density at radius 2 is 1.67 bits per heavy atom. The summed E-state index contributed by atoms with van der Waals surface area (Å²) < 4.78 is 0. The maximum atomic E-state index is 2.57. The summed E-state index contributed by atoms with van der Waals surface area (Å²) in [5.74, 6) is 0.